The lowest BCUT2D eigenvalue weighted by Crippen LogP contribution is -2.53. The van der Waals surface area contributed by atoms with E-state index in [0.29, 0.717) is 18.9 Å². The molecule has 2 aliphatic rings. The first-order valence-corrected chi connectivity index (χ1v) is 6.80. The number of rotatable bonds is 1. The van der Waals surface area contributed by atoms with Crippen LogP contribution in [0.3, 0.4) is 0 Å². The average Bonchev–Trinajstić information content (AvgIpc) is 2.77. The molecule has 2 aliphatic heterocycles. The van der Waals surface area contributed by atoms with Gasteiger partial charge in [0, 0.05) is 19.1 Å². The van der Waals surface area contributed by atoms with E-state index < -0.39 is 12.0 Å². The summed E-state index contributed by atoms with van der Waals surface area (Å²) in [6.07, 6.45) is 3.40. The first kappa shape index (κ1) is 13.2. The Morgan fingerprint density at radius 3 is 2.44 bits per heavy atom. The lowest BCUT2D eigenvalue weighted by molar-refractivity contribution is -0.141. The Balaban J connectivity index is 2.04. The van der Waals surface area contributed by atoms with Crippen molar-refractivity contribution >= 4 is 12.0 Å². The minimum atomic E-state index is -0.876. The zero-order valence-corrected chi connectivity index (χ0v) is 11.1. The van der Waals surface area contributed by atoms with E-state index in [1.54, 1.807) is 0 Å². The van der Waals surface area contributed by atoms with Crippen molar-refractivity contribution < 1.29 is 14.7 Å². The van der Waals surface area contributed by atoms with Gasteiger partial charge in [0.05, 0.1) is 0 Å². The number of likely N-dealkylation sites (tertiary alicyclic amines) is 2. The van der Waals surface area contributed by atoms with Crippen molar-refractivity contribution in [3.05, 3.63) is 0 Å². The molecular formula is C13H22N2O3. The fourth-order valence-corrected chi connectivity index (χ4v) is 3.11. The molecule has 0 aromatic carbocycles. The third kappa shape index (κ3) is 2.44. The lowest BCUT2D eigenvalue weighted by Gasteiger charge is -2.39. The average molecular weight is 254 g/mol. The quantitative estimate of drug-likeness (QED) is 0.776. The number of carbonyl (C=O) groups excluding carboxylic acids is 1. The number of hydrogen-bond acceptors (Lipinski definition) is 2. The van der Waals surface area contributed by atoms with Crippen LogP contribution >= 0.6 is 0 Å². The van der Waals surface area contributed by atoms with Crippen LogP contribution in [0.15, 0.2) is 0 Å². The second kappa shape index (κ2) is 5.16. The summed E-state index contributed by atoms with van der Waals surface area (Å²) in [5.41, 5.74) is 0. The molecule has 2 heterocycles. The van der Waals surface area contributed by atoms with Gasteiger partial charge in [-0.3, -0.25) is 0 Å². The Labute approximate surface area is 108 Å². The fourth-order valence-electron chi connectivity index (χ4n) is 3.11. The normalized spacial score (nSPS) is 32.7. The van der Waals surface area contributed by atoms with Crippen LogP contribution in [0.4, 0.5) is 4.79 Å². The molecule has 2 rings (SSSR count). The van der Waals surface area contributed by atoms with Crippen LogP contribution < -0.4 is 0 Å². The van der Waals surface area contributed by atoms with Crippen LogP contribution in [0.25, 0.3) is 0 Å². The van der Waals surface area contributed by atoms with Crippen LogP contribution in [0.2, 0.25) is 0 Å². The number of hydrogen-bond donors (Lipinski definition) is 1. The Hall–Kier alpha value is -1.26. The maximum atomic E-state index is 12.4. The van der Waals surface area contributed by atoms with Crippen molar-refractivity contribution in [1.29, 1.82) is 0 Å². The maximum Gasteiger partial charge on any atom is 0.326 e. The molecule has 3 unspecified atom stereocenters. The first-order chi connectivity index (χ1) is 8.50. The third-order valence-corrected chi connectivity index (χ3v) is 4.17. The van der Waals surface area contributed by atoms with E-state index in [0.717, 1.165) is 25.8 Å². The van der Waals surface area contributed by atoms with E-state index in [1.165, 1.54) is 4.90 Å². The van der Waals surface area contributed by atoms with E-state index in [2.05, 4.69) is 13.8 Å². The summed E-state index contributed by atoms with van der Waals surface area (Å²) in [5.74, 6) is -0.225. The third-order valence-electron chi connectivity index (χ3n) is 4.17. The molecule has 0 radical (unpaired) electrons. The lowest BCUT2D eigenvalue weighted by atomic mass is 9.94. The van der Waals surface area contributed by atoms with Gasteiger partial charge in [-0.1, -0.05) is 6.92 Å². The fraction of sp³-hybridized carbons (Fsp3) is 0.846. The standard InChI is InChI=1S/C13H22N2O3/c1-9-5-7-14(10(2)8-9)13(18)15-6-3-4-11(15)12(16)17/h9-11H,3-8H2,1-2H3,(H,16,17). The Morgan fingerprint density at radius 2 is 1.83 bits per heavy atom. The van der Waals surface area contributed by atoms with Crippen molar-refractivity contribution in [2.75, 3.05) is 13.1 Å². The smallest absolute Gasteiger partial charge is 0.326 e. The highest BCUT2D eigenvalue weighted by molar-refractivity contribution is 5.83. The van der Waals surface area contributed by atoms with Crippen LogP contribution in [-0.4, -0.2) is 52.1 Å². The van der Waals surface area contributed by atoms with Gasteiger partial charge in [0.1, 0.15) is 6.04 Å². The highest BCUT2D eigenvalue weighted by Gasteiger charge is 2.38. The summed E-state index contributed by atoms with van der Waals surface area (Å²) in [6, 6.07) is -0.486. The maximum absolute atomic E-state index is 12.4. The van der Waals surface area contributed by atoms with Crippen LogP contribution in [-0.2, 0) is 4.79 Å². The van der Waals surface area contributed by atoms with Gasteiger partial charge in [-0.05, 0) is 38.5 Å². The minimum absolute atomic E-state index is 0.0840. The van der Waals surface area contributed by atoms with Crippen molar-refractivity contribution in [2.24, 2.45) is 5.92 Å². The second-order valence-corrected chi connectivity index (χ2v) is 5.64. The number of nitrogens with zero attached hydrogens (tertiary/aromatic N) is 2. The van der Waals surface area contributed by atoms with E-state index in [-0.39, 0.29) is 12.1 Å². The van der Waals surface area contributed by atoms with Crippen molar-refractivity contribution in [3.63, 3.8) is 0 Å². The summed E-state index contributed by atoms with van der Waals surface area (Å²) in [4.78, 5) is 26.9. The van der Waals surface area contributed by atoms with Gasteiger partial charge >= 0.3 is 12.0 Å². The highest BCUT2D eigenvalue weighted by Crippen LogP contribution is 2.26. The van der Waals surface area contributed by atoms with E-state index in [1.807, 2.05) is 4.90 Å². The van der Waals surface area contributed by atoms with E-state index >= 15 is 0 Å². The van der Waals surface area contributed by atoms with Gasteiger partial charge in [-0.25, -0.2) is 9.59 Å². The van der Waals surface area contributed by atoms with Gasteiger partial charge < -0.3 is 14.9 Å². The van der Waals surface area contributed by atoms with Crippen molar-refractivity contribution in [2.45, 2.75) is 51.6 Å². The monoisotopic (exact) mass is 254 g/mol. The number of piperidine rings is 1. The molecule has 0 bridgehead atoms. The molecule has 3 atom stereocenters. The predicted octanol–water partition coefficient (Wildman–Crippen LogP) is 1.78. The molecule has 5 heteroatoms. The van der Waals surface area contributed by atoms with Gasteiger partial charge in [0.15, 0.2) is 0 Å². The molecule has 0 spiro atoms. The topological polar surface area (TPSA) is 60.9 Å². The van der Waals surface area contributed by atoms with E-state index in [9.17, 15) is 9.59 Å². The highest BCUT2D eigenvalue weighted by atomic mass is 16.4. The summed E-state index contributed by atoms with van der Waals surface area (Å²) < 4.78 is 0. The van der Waals surface area contributed by atoms with Crippen LogP contribution in [0.5, 0.6) is 0 Å². The predicted molar refractivity (Wildman–Crippen MR) is 67.3 cm³/mol. The molecule has 18 heavy (non-hydrogen) atoms. The molecule has 0 aromatic heterocycles. The Morgan fingerprint density at radius 1 is 1.11 bits per heavy atom. The van der Waals surface area contributed by atoms with Gasteiger partial charge in [-0.2, -0.15) is 0 Å². The summed E-state index contributed by atoms with van der Waals surface area (Å²) in [5, 5.41) is 9.13. The number of carboxylic acid groups (broad SMARTS) is 1. The number of carboxylic acids is 1. The van der Waals surface area contributed by atoms with Crippen molar-refractivity contribution in [3.8, 4) is 0 Å². The van der Waals surface area contributed by atoms with Gasteiger partial charge in [-0.15, -0.1) is 0 Å². The molecule has 0 saturated carbocycles. The second-order valence-electron chi connectivity index (χ2n) is 5.64. The molecule has 1 N–H and O–H groups in total. The Kier molecular flexibility index (Phi) is 3.78. The molecule has 0 aromatic rings. The van der Waals surface area contributed by atoms with Gasteiger partial charge in [0.2, 0.25) is 0 Å². The molecule has 2 amide bonds. The molecule has 2 saturated heterocycles. The van der Waals surface area contributed by atoms with Crippen LogP contribution in [0, 0.1) is 5.92 Å². The number of aliphatic carboxylic acids is 1. The first-order valence-electron chi connectivity index (χ1n) is 6.80. The summed E-state index contributed by atoms with van der Waals surface area (Å²) in [7, 11) is 0. The minimum Gasteiger partial charge on any atom is -0.480 e. The zero-order chi connectivity index (χ0) is 13.3. The summed E-state index contributed by atoms with van der Waals surface area (Å²) in [6.45, 7) is 5.59. The SMILES string of the molecule is CC1CCN(C(=O)N2CCCC2C(=O)O)C(C)C1. The molecule has 0 aliphatic carbocycles. The van der Waals surface area contributed by atoms with Crippen molar-refractivity contribution in [1.82, 2.24) is 9.80 Å². The molecular weight excluding hydrogens is 232 g/mol. The number of carbonyl (C=O) groups is 2. The summed E-state index contributed by atoms with van der Waals surface area (Å²) >= 11 is 0. The number of amides is 2. The zero-order valence-electron chi connectivity index (χ0n) is 11.1. The van der Waals surface area contributed by atoms with E-state index in [4.69, 9.17) is 5.11 Å². The Bertz CT molecular complexity index is 345. The van der Waals surface area contributed by atoms with Gasteiger partial charge in [0.25, 0.3) is 0 Å². The largest absolute Gasteiger partial charge is 0.480 e. The number of urea groups is 1. The molecule has 5 nitrogen and oxygen atoms in total. The molecule has 102 valence electrons. The molecule has 2 fully saturated rings. The van der Waals surface area contributed by atoms with Crippen LogP contribution in [0.1, 0.15) is 39.5 Å².